The van der Waals surface area contributed by atoms with Crippen LogP contribution in [0.1, 0.15) is 38.2 Å². The van der Waals surface area contributed by atoms with Crippen LogP contribution < -0.4 is 10.1 Å². The van der Waals surface area contributed by atoms with E-state index in [1.165, 1.54) is 0 Å². The summed E-state index contributed by atoms with van der Waals surface area (Å²) in [5.74, 6) is 0.262. The van der Waals surface area contributed by atoms with Crippen molar-refractivity contribution in [1.29, 1.82) is 0 Å². The maximum absolute atomic E-state index is 11.7. The fourth-order valence-electron chi connectivity index (χ4n) is 2.05. The molecule has 0 spiro atoms. The Hall–Kier alpha value is -2.70. The second-order valence-electron chi connectivity index (χ2n) is 6.31. The molecule has 1 heterocycles. The summed E-state index contributed by atoms with van der Waals surface area (Å²) in [6.07, 6.45) is -0.486. The summed E-state index contributed by atoms with van der Waals surface area (Å²) in [4.78, 5) is 23.2. The van der Waals surface area contributed by atoms with Gasteiger partial charge in [-0.2, -0.15) is 0 Å². The first-order chi connectivity index (χ1) is 11.8. The Labute approximate surface area is 146 Å². The van der Waals surface area contributed by atoms with Crippen LogP contribution in [0.3, 0.4) is 0 Å². The van der Waals surface area contributed by atoms with Crippen LogP contribution in [0.15, 0.2) is 28.7 Å². The number of esters is 1. The van der Waals surface area contributed by atoms with Gasteiger partial charge in [-0.25, -0.2) is 9.59 Å². The summed E-state index contributed by atoms with van der Waals surface area (Å²) in [6.45, 7) is 8.02. The number of alkyl carbamates (subject to hydrolysis) is 1. The Morgan fingerprint density at radius 3 is 2.64 bits per heavy atom. The van der Waals surface area contributed by atoms with Crippen molar-refractivity contribution < 1.29 is 28.2 Å². The van der Waals surface area contributed by atoms with Crippen molar-refractivity contribution in [3.05, 3.63) is 30.0 Å². The van der Waals surface area contributed by atoms with Gasteiger partial charge in [0.15, 0.2) is 0 Å². The first kappa shape index (κ1) is 18.6. The number of fused-ring (bicyclic) bond motifs is 1. The van der Waals surface area contributed by atoms with E-state index in [0.717, 1.165) is 5.39 Å². The molecule has 0 aliphatic heterocycles. The molecule has 25 heavy (non-hydrogen) atoms. The molecule has 1 amide bonds. The molecule has 0 aliphatic rings. The fourth-order valence-corrected chi connectivity index (χ4v) is 2.05. The molecule has 0 saturated carbocycles. The van der Waals surface area contributed by atoms with E-state index in [2.05, 4.69) is 5.32 Å². The second kappa shape index (κ2) is 7.92. The maximum atomic E-state index is 11.7. The molecule has 1 aromatic heterocycles. The lowest BCUT2D eigenvalue weighted by molar-refractivity contribution is 0.0489. The molecule has 0 unspecified atom stereocenters. The Morgan fingerprint density at radius 1 is 1.20 bits per heavy atom. The van der Waals surface area contributed by atoms with Crippen LogP contribution >= 0.6 is 0 Å². The quantitative estimate of drug-likeness (QED) is 0.634. The molecule has 136 valence electrons. The van der Waals surface area contributed by atoms with Gasteiger partial charge in [-0.1, -0.05) is 0 Å². The van der Waals surface area contributed by atoms with Crippen LogP contribution in [-0.2, 0) is 9.47 Å². The van der Waals surface area contributed by atoms with Gasteiger partial charge >= 0.3 is 12.1 Å². The highest BCUT2D eigenvalue weighted by Gasteiger charge is 2.16. The van der Waals surface area contributed by atoms with Crippen molar-refractivity contribution in [3.63, 3.8) is 0 Å². The van der Waals surface area contributed by atoms with Crippen LogP contribution in [0.25, 0.3) is 11.0 Å². The Kier molecular flexibility index (Phi) is 5.90. The minimum absolute atomic E-state index is 0.153. The number of nitrogens with one attached hydrogen (secondary N) is 1. The number of hydrogen-bond donors (Lipinski definition) is 1. The Morgan fingerprint density at radius 2 is 1.96 bits per heavy atom. The number of carbonyl (C=O) groups is 2. The van der Waals surface area contributed by atoms with E-state index in [4.69, 9.17) is 18.6 Å². The largest absolute Gasteiger partial charge is 0.492 e. The molecule has 7 heteroatoms. The van der Waals surface area contributed by atoms with Gasteiger partial charge in [-0.05, 0) is 52.0 Å². The molecule has 0 bridgehead atoms. The summed E-state index contributed by atoms with van der Waals surface area (Å²) < 4.78 is 21.1. The third-order valence-corrected chi connectivity index (χ3v) is 3.00. The zero-order chi connectivity index (χ0) is 18.4. The van der Waals surface area contributed by atoms with Crippen LogP contribution in [0.5, 0.6) is 5.75 Å². The molecule has 1 aromatic carbocycles. The molecule has 1 N–H and O–H groups in total. The smallest absolute Gasteiger partial charge is 0.407 e. The predicted molar refractivity (Wildman–Crippen MR) is 91.9 cm³/mol. The van der Waals surface area contributed by atoms with E-state index in [0.29, 0.717) is 17.9 Å². The number of amides is 1. The highest BCUT2D eigenvalue weighted by atomic mass is 16.6. The summed E-state index contributed by atoms with van der Waals surface area (Å²) in [5.41, 5.74) is 0.0377. The highest BCUT2D eigenvalue weighted by molar-refractivity contribution is 5.92. The molecular formula is C18H23NO6. The molecule has 0 atom stereocenters. The summed E-state index contributed by atoms with van der Waals surface area (Å²) >= 11 is 0. The third-order valence-electron chi connectivity index (χ3n) is 3.00. The van der Waals surface area contributed by atoms with E-state index in [1.54, 1.807) is 52.0 Å². The van der Waals surface area contributed by atoms with E-state index in [-0.39, 0.29) is 19.0 Å². The molecule has 7 nitrogen and oxygen atoms in total. The average Bonchev–Trinajstić information content (AvgIpc) is 2.93. The molecule has 2 rings (SSSR count). The minimum atomic E-state index is -0.534. The summed E-state index contributed by atoms with van der Waals surface area (Å²) in [7, 11) is 0. The maximum Gasteiger partial charge on any atom is 0.407 e. The van der Waals surface area contributed by atoms with E-state index < -0.39 is 17.7 Å². The predicted octanol–water partition coefficient (Wildman–Crippen LogP) is 3.51. The Balaban J connectivity index is 1.87. The van der Waals surface area contributed by atoms with Gasteiger partial charge in [0.05, 0.1) is 13.2 Å². The molecular weight excluding hydrogens is 326 g/mol. The van der Waals surface area contributed by atoms with Crippen LogP contribution in [0.2, 0.25) is 0 Å². The van der Waals surface area contributed by atoms with Crippen LogP contribution in [0, 0.1) is 0 Å². The number of furan rings is 1. The molecule has 0 fully saturated rings. The Bertz CT molecular complexity index is 744. The zero-order valence-corrected chi connectivity index (χ0v) is 14.9. The van der Waals surface area contributed by atoms with Crippen molar-refractivity contribution in [1.82, 2.24) is 5.32 Å². The van der Waals surface area contributed by atoms with Gasteiger partial charge in [0, 0.05) is 5.39 Å². The standard InChI is InChI=1S/C18H23NO6/c1-5-22-16(20)15-11-12-10-13(6-7-14(12)24-15)23-9-8-19-17(21)25-18(2,3)4/h6-7,10-11H,5,8-9H2,1-4H3,(H,19,21). The van der Waals surface area contributed by atoms with Crippen molar-refractivity contribution in [2.24, 2.45) is 0 Å². The molecule has 2 aromatic rings. The van der Waals surface area contributed by atoms with E-state index in [1.807, 2.05) is 0 Å². The van der Waals surface area contributed by atoms with E-state index in [9.17, 15) is 9.59 Å². The first-order valence-electron chi connectivity index (χ1n) is 8.09. The second-order valence-corrected chi connectivity index (χ2v) is 6.31. The van der Waals surface area contributed by atoms with Gasteiger partial charge in [0.2, 0.25) is 5.76 Å². The number of rotatable bonds is 6. The summed E-state index contributed by atoms with van der Waals surface area (Å²) in [5, 5.41) is 3.35. The minimum Gasteiger partial charge on any atom is -0.492 e. The van der Waals surface area contributed by atoms with Crippen molar-refractivity contribution >= 4 is 23.0 Å². The van der Waals surface area contributed by atoms with Gasteiger partial charge in [-0.15, -0.1) is 0 Å². The zero-order valence-electron chi connectivity index (χ0n) is 14.9. The molecule has 0 aliphatic carbocycles. The lowest BCUT2D eigenvalue weighted by Crippen LogP contribution is -2.34. The summed E-state index contributed by atoms with van der Waals surface area (Å²) in [6, 6.07) is 6.82. The van der Waals surface area contributed by atoms with Gasteiger partial charge in [-0.3, -0.25) is 0 Å². The molecule has 0 radical (unpaired) electrons. The lowest BCUT2D eigenvalue weighted by atomic mass is 10.2. The lowest BCUT2D eigenvalue weighted by Gasteiger charge is -2.19. The van der Waals surface area contributed by atoms with E-state index >= 15 is 0 Å². The monoisotopic (exact) mass is 349 g/mol. The third kappa shape index (κ3) is 5.70. The molecule has 0 saturated heterocycles. The number of carbonyl (C=O) groups excluding carboxylic acids is 2. The number of benzene rings is 1. The van der Waals surface area contributed by atoms with Crippen molar-refractivity contribution in [3.8, 4) is 5.75 Å². The number of hydrogen-bond acceptors (Lipinski definition) is 6. The van der Waals surface area contributed by atoms with Gasteiger partial charge in [0.1, 0.15) is 23.5 Å². The van der Waals surface area contributed by atoms with Crippen molar-refractivity contribution in [2.45, 2.75) is 33.3 Å². The van der Waals surface area contributed by atoms with Crippen molar-refractivity contribution in [2.75, 3.05) is 19.8 Å². The SMILES string of the molecule is CCOC(=O)c1cc2cc(OCCNC(=O)OC(C)(C)C)ccc2o1. The van der Waals surface area contributed by atoms with Gasteiger partial charge in [0.25, 0.3) is 0 Å². The van der Waals surface area contributed by atoms with Crippen LogP contribution in [0.4, 0.5) is 4.79 Å². The number of ether oxygens (including phenoxy) is 3. The van der Waals surface area contributed by atoms with Gasteiger partial charge < -0.3 is 23.9 Å². The topological polar surface area (TPSA) is 87.0 Å². The highest BCUT2D eigenvalue weighted by Crippen LogP contribution is 2.24. The van der Waals surface area contributed by atoms with Crippen LogP contribution in [-0.4, -0.2) is 37.4 Å². The average molecular weight is 349 g/mol. The first-order valence-corrected chi connectivity index (χ1v) is 8.09. The normalized spacial score (nSPS) is 11.2. The fraction of sp³-hybridized carbons (Fsp3) is 0.444.